The fraction of sp³-hybridized carbons (Fsp3) is 0.706. The minimum Gasteiger partial charge on any atom is -0.465 e. The molecule has 0 radical (unpaired) electrons. The van der Waals surface area contributed by atoms with Gasteiger partial charge in [0.2, 0.25) is 5.28 Å². The van der Waals surface area contributed by atoms with Crippen LogP contribution in [0.3, 0.4) is 0 Å². The van der Waals surface area contributed by atoms with Crippen LogP contribution in [0.1, 0.15) is 51.3 Å². The van der Waals surface area contributed by atoms with Gasteiger partial charge in [0.25, 0.3) is 0 Å². The molecule has 1 aromatic rings. The van der Waals surface area contributed by atoms with Crippen molar-refractivity contribution in [2.45, 2.75) is 64.5 Å². The van der Waals surface area contributed by atoms with Crippen LogP contribution in [-0.4, -0.2) is 50.7 Å². The molecule has 0 saturated carbocycles. The molecule has 2 heterocycles. The fourth-order valence-electron chi connectivity index (χ4n) is 3.99. The van der Waals surface area contributed by atoms with Gasteiger partial charge in [0.05, 0.1) is 11.7 Å². The van der Waals surface area contributed by atoms with Crippen molar-refractivity contribution < 1.29 is 9.90 Å². The molecule has 0 aromatic carbocycles. The second-order valence-corrected chi connectivity index (χ2v) is 8.00. The zero-order valence-corrected chi connectivity index (χ0v) is 15.3. The van der Waals surface area contributed by atoms with Crippen LogP contribution in [0.2, 0.25) is 5.28 Å². The van der Waals surface area contributed by atoms with Gasteiger partial charge >= 0.3 is 6.09 Å². The molecule has 0 unspecified atom stereocenters. The van der Waals surface area contributed by atoms with Crippen molar-refractivity contribution in [3.8, 4) is 0 Å². The first-order valence-electron chi connectivity index (χ1n) is 8.60. The average molecular weight is 353 g/mol. The zero-order chi connectivity index (χ0) is 17.5. The summed E-state index contributed by atoms with van der Waals surface area (Å²) in [4.78, 5) is 24.4. The second-order valence-electron chi connectivity index (χ2n) is 7.66. The molecule has 1 fully saturated rings. The largest absolute Gasteiger partial charge is 0.465 e. The molecule has 3 rings (SSSR count). The number of carbonyl (C=O) groups is 1. The van der Waals surface area contributed by atoms with Crippen molar-refractivity contribution in [2.24, 2.45) is 0 Å². The van der Waals surface area contributed by atoms with Gasteiger partial charge in [0.15, 0.2) is 0 Å². The first kappa shape index (κ1) is 17.3. The van der Waals surface area contributed by atoms with Gasteiger partial charge in [-0.1, -0.05) is 0 Å². The number of nitrogens with zero attached hydrogens (tertiary/aromatic N) is 4. The number of hydrogen-bond donors (Lipinski definition) is 1. The third-order valence-electron chi connectivity index (χ3n) is 4.87. The van der Waals surface area contributed by atoms with Crippen molar-refractivity contribution in [2.75, 3.05) is 18.0 Å². The maximum Gasteiger partial charge on any atom is 0.408 e. The lowest BCUT2D eigenvalue weighted by atomic mass is 9.97. The summed E-state index contributed by atoms with van der Waals surface area (Å²) in [5, 5.41) is 9.97. The average Bonchev–Trinajstić information content (AvgIpc) is 2.92. The van der Waals surface area contributed by atoms with E-state index in [1.165, 1.54) is 5.56 Å². The number of aromatic nitrogens is 2. The molecule has 1 aromatic heterocycles. The second kappa shape index (κ2) is 6.39. The van der Waals surface area contributed by atoms with Gasteiger partial charge in [0, 0.05) is 24.2 Å². The van der Waals surface area contributed by atoms with Gasteiger partial charge < -0.3 is 10.0 Å². The SMILES string of the molecule is CC(C)(C)N(C(=O)O)[C@@H]1CCCN(c2nc(Cl)nc3c2CCC3)C1. The van der Waals surface area contributed by atoms with Crippen LogP contribution >= 0.6 is 11.6 Å². The summed E-state index contributed by atoms with van der Waals surface area (Å²) >= 11 is 6.12. The van der Waals surface area contributed by atoms with Gasteiger partial charge in [-0.05, 0) is 64.5 Å². The molecule has 0 bridgehead atoms. The van der Waals surface area contributed by atoms with Crippen LogP contribution in [-0.2, 0) is 12.8 Å². The van der Waals surface area contributed by atoms with E-state index in [1.54, 1.807) is 4.90 Å². The Hall–Kier alpha value is -1.56. The molecule has 1 N–H and O–H groups in total. The van der Waals surface area contributed by atoms with Gasteiger partial charge in [-0.25, -0.2) is 14.8 Å². The number of anilines is 1. The summed E-state index contributed by atoms with van der Waals surface area (Å²) in [6.45, 7) is 7.37. The molecule has 1 aliphatic carbocycles. The smallest absolute Gasteiger partial charge is 0.408 e. The van der Waals surface area contributed by atoms with Gasteiger partial charge in [-0.2, -0.15) is 0 Å². The van der Waals surface area contributed by atoms with E-state index in [9.17, 15) is 9.90 Å². The Balaban J connectivity index is 1.88. The van der Waals surface area contributed by atoms with E-state index in [0.717, 1.165) is 50.2 Å². The summed E-state index contributed by atoms with van der Waals surface area (Å²) in [6, 6.07) is -0.0398. The predicted octanol–water partition coefficient (Wildman–Crippen LogP) is 3.37. The first-order valence-corrected chi connectivity index (χ1v) is 8.97. The maximum absolute atomic E-state index is 11.8. The van der Waals surface area contributed by atoms with E-state index in [4.69, 9.17) is 11.6 Å². The van der Waals surface area contributed by atoms with E-state index in [2.05, 4.69) is 14.9 Å². The van der Waals surface area contributed by atoms with Crippen molar-refractivity contribution in [3.05, 3.63) is 16.5 Å². The topological polar surface area (TPSA) is 69.6 Å². The van der Waals surface area contributed by atoms with Crippen molar-refractivity contribution in [1.29, 1.82) is 0 Å². The minimum absolute atomic E-state index is 0.0398. The number of aryl methyl sites for hydroxylation is 1. The number of carboxylic acid groups (broad SMARTS) is 1. The first-order chi connectivity index (χ1) is 11.3. The Morgan fingerprint density at radius 3 is 2.71 bits per heavy atom. The molecule has 7 heteroatoms. The molecule has 24 heavy (non-hydrogen) atoms. The molecule has 1 saturated heterocycles. The molecule has 0 spiro atoms. The highest BCUT2D eigenvalue weighted by atomic mass is 35.5. The lowest BCUT2D eigenvalue weighted by Gasteiger charge is -2.44. The molecule has 2 aliphatic rings. The predicted molar refractivity (Wildman–Crippen MR) is 93.9 cm³/mol. The highest BCUT2D eigenvalue weighted by Crippen LogP contribution is 2.33. The van der Waals surface area contributed by atoms with Crippen LogP contribution in [0.4, 0.5) is 10.6 Å². The molecular formula is C17H25ClN4O2. The quantitative estimate of drug-likeness (QED) is 0.826. The highest BCUT2D eigenvalue weighted by Gasteiger charge is 2.36. The summed E-state index contributed by atoms with van der Waals surface area (Å²) in [5.41, 5.74) is 1.82. The lowest BCUT2D eigenvalue weighted by Crippen LogP contribution is -2.57. The molecule has 1 amide bonds. The monoisotopic (exact) mass is 352 g/mol. The fourth-order valence-corrected chi connectivity index (χ4v) is 4.18. The number of halogens is 1. The molecular weight excluding hydrogens is 328 g/mol. The third kappa shape index (κ3) is 3.29. The van der Waals surface area contributed by atoms with Crippen LogP contribution in [0.15, 0.2) is 0 Å². The van der Waals surface area contributed by atoms with Gasteiger partial charge in [0.1, 0.15) is 5.82 Å². The molecule has 1 aliphatic heterocycles. The maximum atomic E-state index is 11.8. The Labute approximate surface area is 147 Å². The Morgan fingerprint density at radius 1 is 1.29 bits per heavy atom. The Bertz CT molecular complexity index is 644. The summed E-state index contributed by atoms with van der Waals surface area (Å²) < 4.78 is 0. The number of rotatable bonds is 2. The number of amides is 1. The summed E-state index contributed by atoms with van der Waals surface area (Å²) in [6.07, 6.45) is 3.97. The Morgan fingerprint density at radius 2 is 2.04 bits per heavy atom. The van der Waals surface area contributed by atoms with Crippen molar-refractivity contribution >= 4 is 23.5 Å². The van der Waals surface area contributed by atoms with Gasteiger partial charge in [-0.15, -0.1) is 0 Å². The number of piperidine rings is 1. The molecule has 1 atom stereocenters. The van der Waals surface area contributed by atoms with Crippen molar-refractivity contribution in [3.63, 3.8) is 0 Å². The van der Waals surface area contributed by atoms with E-state index in [-0.39, 0.29) is 6.04 Å². The highest BCUT2D eigenvalue weighted by molar-refractivity contribution is 6.28. The van der Waals surface area contributed by atoms with E-state index in [0.29, 0.717) is 11.8 Å². The number of fused-ring (bicyclic) bond motifs is 1. The standard InChI is InChI=1S/C17H25ClN4O2/c1-17(2,3)22(16(23)24)11-6-5-9-21(10-11)14-12-7-4-8-13(12)19-15(18)20-14/h11H,4-10H2,1-3H3,(H,23,24)/t11-/m1/s1. The van der Waals surface area contributed by atoms with Crippen molar-refractivity contribution in [1.82, 2.24) is 14.9 Å². The van der Waals surface area contributed by atoms with E-state index in [1.807, 2.05) is 20.8 Å². The van der Waals surface area contributed by atoms with Crippen LogP contribution in [0.5, 0.6) is 0 Å². The lowest BCUT2D eigenvalue weighted by molar-refractivity contribution is 0.0647. The number of hydrogen-bond acceptors (Lipinski definition) is 4. The normalized spacial score (nSPS) is 20.8. The zero-order valence-electron chi connectivity index (χ0n) is 14.5. The summed E-state index contributed by atoms with van der Waals surface area (Å²) in [7, 11) is 0. The van der Waals surface area contributed by atoms with Crippen LogP contribution in [0.25, 0.3) is 0 Å². The van der Waals surface area contributed by atoms with Gasteiger partial charge in [-0.3, -0.25) is 4.90 Å². The van der Waals surface area contributed by atoms with Crippen LogP contribution in [0, 0.1) is 0 Å². The van der Waals surface area contributed by atoms with Crippen LogP contribution < -0.4 is 4.90 Å². The van der Waals surface area contributed by atoms with E-state index < -0.39 is 11.6 Å². The van der Waals surface area contributed by atoms with E-state index >= 15 is 0 Å². The Kier molecular flexibility index (Phi) is 4.60. The molecule has 132 valence electrons. The molecule has 6 nitrogen and oxygen atoms in total. The third-order valence-corrected chi connectivity index (χ3v) is 5.04. The summed E-state index contributed by atoms with van der Waals surface area (Å²) in [5.74, 6) is 0.909. The minimum atomic E-state index is -0.861.